The molecule has 0 aliphatic carbocycles. The molecule has 0 spiro atoms. The molecule has 156 valence electrons. The Morgan fingerprint density at radius 2 is 2.00 bits per heavy atom. The Kier molecular flexibility index (Phi) is 5.79. The van der Waals surface area contributed by atoms with E-state index in [-0.39, 0.29) is 5.91 Å². The number of aryl methyl sites for hydroxylation is 3. The number of amides is 1. The molecule has 2 aromatic heterocycles. The Morgan fingerprint density at radius 1 is 1.13 bits per heavy atom. The van der Waals surface area contributed by atoms with Gasteiger partial charge in [0, 0.05) is 44.4 Å². The summed E-state index contributed by atoms with van der Waals surface area (Å²) >= 11 is 0. The van der Waals surface area contributed by atoms with E-state index in [9.17, 15) is 4.79 Å². The van der Waals surface area contributed by atoms with E-state index >= 15 is 0 Å². The Hall–Kier alpha value is -3.22. The van der Waals surface area contributed by atoms with Crippen molar-refractivity contribution < 1.29 is 9.32 Å². The quantitative estimate of drug-likeness (QED) is 0.659. The molecule has 0 radical (unpaired) electrons. The minimum Gasteiger partial charge on any atom is -0.354 e. The van der Waals surface area contributed by atoms with Crippen LogP contribution in [0.15, 0.2) is 41.1 Å². The number of pyridine rings is 1. The number of benzene rings is 1. The highest BCUT2D eigenvalue weighted by Crippen LogP contribution is 2.28. The number of anilines is 1. The Labute approximate surface area is 176 Å². The van der Waals surface area contributed by atoms with Crippen molar-refractivity contribution in [2.75, 3.05) is 31.1 Å². The molecule has 1 aliphatic heterocycles. The minimum atomic E-state index is 0.0973. The zero-order chi connectivity index (χ0) is 21.1. The number of aromatic nitrogens is 3. The van der Waals surface area contributed by atoms with Crippen LogP contribution in [0.2, 0.25) is 0 Å². The standard InChI is InChI=1S/C23H27N5O2/c1-4-20-25-22(30-26-20)19-7-5-10-24-21(19)27-11-6-12-28(14-13-27)23(29)18-9-8-16(2)15-17(18)3/h5,7-10,15H,4,6,11-14H2,1-3H3. The van der Waals surface area contributed by atoms with Crippen molar-refractivity contribution in [3.8, 4) is 11.5 Å². The fourth-order valence-corrected chi connectivity index (χ4v) is 3.88. The Morgan fingerprint density at radius 3 is 2.77 bits per heavy atom. The van der Waals surface area contributed by atoms with E-state index in [4.69, 9.17) is 4.52 Å². The van der Waals surface area contributed by atoms with E-state index in [1.54, 1.807) is 6.20 Å². The highest BCUT2D eigenvalue weighted by Gasteiger charge is 2.24. The van der Waals surface area contributed by atoms with Crippen molar-refractivity contribution in [1.82, 2.24) is 20.0 Å². The Balaban J connectivity index is 1.53. The molecule has 7 nitrogen and oxygen atoms in total. The normalized spacial score (nSPS) is 14.6. The van der Waals surface area contributed by atoms with Crippen molar-refractivity contribution in [2.24, 2.45) is 0 Å². The molecule has 1 fully saturated rings. The average Bonchev–Trinajstić information content (AvgIpc) is 3.10. The smallest absolute Gasteiger partial charge is 0.261 e. The van der Waals surface area contributed by atoms with Gasteiger partial charge in [-0.2, -0.15) is 4.98 Å². The van der Waals surface area contributed by atoms with Gasteiger partial charge in [-0.15, -0.1) is 0 Å². The van der Waals surface area contributed by atoms with Gasteiger partial charge in [0.05, 0.1) is 5.56 Å². The molecule has 0 unspecified atom stereocenters. The van der Waals surface area contributed by atoms with Gasteiger partial charge in [0.25, 0.3) is 11.8 Å². The summed E-state index contributed by atoms with van der Waals surface area (Å²) in [7, 11) is 0. The summed E-state index contributed by atoms with van der Waals surface area (Å²) in [5.74, 6) is 2.09. The van der Waals surface area contributed by atoms with E-state index in [0.29, 0.717) is 24.8 Å². The van der Waals surface area contributed by atoms with Crippen LogP contribution in [0.25, 0.3) is 11.5 Å². The van der Waals surface area contributed by atoms with Crippen LogP contribution in [0.4, 0.5) is 5.82 Å². The van der Waals surface area contributed by atoms with Crippen LogP contribution in [0.3, 0.4) is 0 Å². The van der Waals surface area contributed by atoms with Gasteiger partial charge in [0.15, 0.2) is 5.82 Å². The fourth-order valence-electron chi connectivity index (χ4n) is 3.88. The lowest BCUT2D eigenvalue weighted by Crippen LogP contribution is -2.35. The molecule has 1 amide bonds. The van der Waals surface area contributed by atoms with Gasteiger partial charge < -0.3 is 14.3 Å². The molecule has 7 heteroatoms. The van der Waals surface area contributed by atoms with Crippen LogP contribution in [0.5, 0.6) is 0 Å². The van der Waals surface area contributed by atoms with E-state index in [1.165, 1.54) is 5.56 Å². The highest BCUT2D eigenvalue weighted by molar-refractivity contribution is 5.95. The lowest BCUT2D eigenvalue weighted by Gasteiger charge is -2.24. The second-order valence-electron chi connectivity index (χ2n) is 7.70. The number of nitrogens with zero attached hydrogens (tertiary/aromatic N) is 5. The summed E-state index contributed by atoms with van der Waals surface area (Å²) in [4.78, 5) is 26.3. The molecule has 0 bridgehead atoms. The van der Waals surface area contributed by atoms with Crippen molar-refractivity contribution in [3.63, 3.8) is 0 Å². The van der Waals surface area contributed by atoms with E-state index < -0.39 is 0 Å². The van der Waals surface area contributed by atoms with Gasteiger partial charge in [-0.25, -0.2) is 4.98 Å². The molecule has 1 saturated heterocycles. The lowest BCUT2D eigenvalue weighted by atomic mass is 10.0. The molecule has 3 heterocycles. The van der Waals surface area contributed by atoms with Crippen LogP contribution in [0.1, 0.15) is 40.7 Å². The number of hydrogen-bond acceptors (Lipinski definition) is 6. The third-order valence-electron chi connectivity index (χ3n) is 5.50. The molecule has 4 rings (SSSR count). The van der Waals surface area contributed by atoms with E-state index in [1.807, 2.05) is 49.9 Å². The first-order chi connectivity index (χ1) is 14.6. The fraction of sp³-hybridized carbons (Fsp3) is 0.391. The highest BCUT2D eigenvalue weighted by atomic mass is 16.5. The molecular weight excluding hydrogens is 378 g/mol. The third kappa shape index (κ3) is 4.06. The molecular formula is C23H27N5O2. The monoisotopic (exact) mass is 405 g/mol. The first kappa shape index (κ1) is 20.1. The van der Waals surface area contributed by atoms with Gasteiger partial charge in [-0.05, 0) is 44.0 Å². The summed E-state index contributed by atoms with van der Waals surface area (Å²) < 4.78 is 5.45. The maximum Gasteiger partial charge on any atom is 0.261 e. The minimum absolute atomic E-state index is 0.0973. The van der Waals surface area contributed by atoms with Crippen LogP contribution in [-0.2, 0) is 6.42 Å². The number of carbonyl (C=O) groups excluding carboxylic acids is 1. The first-order valence-electron chi connectivity index (χ1n) is 10.5. The summed E-state index contributed by atoms with van der Waals surface area (Å²) in [6.07, 6.45) is 3.37. The van der Waals surface area contributed by atoms with E-state index in [2.05, 4.69) is 26.1 Å². The Bertz CT molecular complexity index is 1050. The van der Waals surface area contributed by atoms with Gasteiger partial charge in [-0.3, -0.25) is 4.79 Å². The topological polar surface area (TPSA) is 75.4 Å². The second-order valence-corrected chi connectivity index (χ2v) is 7.70. The maximum absolute atomic E-state index is 13.1. The van der Waals surface area contributed by atoms with E-state index in [0.717, 1.165) is 48.4 Å². The van der Waals surface area contributed by atoms with Crippen molar-refractivity contribution >= 4 is 11.7 Å². The molecule has 0 saturated carbocycles. The average molecular weight is 406 g/mol. The second kappa shape index (κ2) is 8.65. The first-order valence-corrected chi connectivity index (χ1v) is 10.5. The SMILES string of the molecule is CCc1noc(-c2cccnc2N2CCCN(C(=O)c3ccc(C)cc3C)CC2)n1. The summed E-state index contributed by atoms with van der Waals surface area (Å²) in [6.45, 7) is 8.93. The number of rotatable bonds is 4. The van der Waals surface area contributed by atoms with Gasteiger partial charge in [0.2, 0.25) is 0 Å². The molecule has 1 aromatic carbocycles. The lowest BCUT2D eigenvalue weighted by molar-refractivity contribution is 0.0766. The molecule has 1 aliphatic rings. The summed E-state index contributed by atoms with van der Waals surface area (Å²) in [5.41, 5.74) is 3.81. The van der Waals surface area contributed by atoms with Crippen molar-refractivity contribution in [2.45, 2.75) is 33.6 Å². The molecule has 0 N–H and O–H groups in total. The molecule has 3 aromatic rings. The van der Waals surface area contributed by atoms with Crippen LogP contribution < -0.4 is 4.90 Å². The van der Waals surface area contributed by atoms with Gasteiger partial charge in [-0.1, -0.05) is 29.8 Å². The predicted molar refractivity (Wildman–Crippen MR) is 116 cm³/mol. The van der Waals surface area contributed by atoms with Crippen molar-refractivity contribution in [3.05, 3.63) is 59.0 Å². The van der Waals surface area contributed by atoms with Crippen molar-refractivity contribution in [1.29, 1.82) is 0 Å². The number of carbonyl (C=O) groups is 1. The number of hydrogen-bond donors (Lipinski definition) is 0. The third-order valence-corrected chi connectivity index (χ3v) is 5.50. The summed E-state index contributed by atoms with van der Waals surface area (Å²) in [6, 6.07) is 9.83. The molecule has 0 atom stereocenters. The zero-order valence-electron chi connectivity index (χ0n) is 17.8. The van der Waals surface area contributed by atoms with Crippen LogP contribution in [0, 0.1) is 13.8 Å². The van der Waals surface area contributed by atoms with Gasteiger partial charge >= 0.3 is 0 Å². The maximum atomic E-state index is 13.1. The zero-order valence-corrected chi connectivity index (χ0v) is 17.8. The summed E-state index contributed by atoms with van der Waals surface area (Å²) in [5, 5.41) is 4.01. The van der Waals surface area contributed by atoms with Crippen LogP contribution in [-0.4, -0.2) is 52.1 Å². The predicted octanol–water partition coefficient (Wildman–Crippen LogP) is 3.66. The van der Waals surface area contributed by atoms with Crippen LogP contribution >= 0.6 is 0 Å². The molecule has 30 heavy (non-hydrogen) atoms. The largest absolute Gasteiger partial charge is 0.354 e. The van der Waals surface area contributed by atoms with Gasteiger partial charge in [0.1, 0.15) is 5.82 Å².